The summed E-state index contributed by atoms with van der Waals surface area (Å²) in [5, 5.41) is 6.40. The Morgan fingerprint density at radius 3 is 2.28 bits per heavy atom. The van der Waals surface area contributed by atoms with Crippen LogP contribution >= 0.6 is 0 Å². The Balaban J connectivity index is 1.81. The van der Waals surface area contributed by atoms with E-state index in [1.165, 1.54) is 49.9 Å². The molecular weight excluding hydrogens is 350 g/mol. The van der Waals surface area contributed by atoms with Gasteiger partial charge in [-0.2, -0.15) is 0 Å². The topological polar surface area (TPSA) is 12.0 Å². The first kappa shape index (κ1) is 17.8. The number of rotatable bonds is 2. The molecular formula is C28H25N. The Morgan fingerprint density at radius 1 is 0.724 bits per heavy atom. The molecule has 0 fully saturated rings. The van der Waals surface area contributed by atoms with E-state index in [4.69, 9.17) is 0 Å². The molecule has 0 saturated heterocycles. The van der Waals surface area contributed by atoms with E-state index in [1.807, 2.05) is 0 Å². The van der Waals surface area contributed by atoms with Gasteiger partial charge in [-0.1, -0.05) is 90.0 Å². The molecule has 0 amide bonds. The SMILES string of the molecule is Cc1cccc(C2=CC(C)(c3cccc(C)c3)Nc3ccc4ccccc4c32)c1. The summed E-state index contributed by atoms with van der Waals surface area (Å²) in [5.41, 5.74) is 8.60. The number of nitrogens with one attached hydrogen (secondary N) is 1. The van der Waals surface area contributed by atoms with Gasteiger partial charge in [0.15, 0.2) is 0 Å². The predicted molar refractivity (Wildman–Crippen MR) is 124 cm³/mol. The fraction of sp³-hybridized carbons (Fsp3) is 0.143. The van der Waals surface area contributed by atoms with Crippen molar-refractivity contribution < 1.29 is 0 Å². The second kappa shape index (κ2) is 6.63. The lowest BCUT2D eigenvalue weighted by atomic mass is 9.80. The molecule has 0 radical (unpaired) electrons. The highest BCUT2D eigenvalue weighted by molar-refractivity contribution is 6.04. The van der Waals surface area contributed by atoms with Gasteiger partial charge in [0.05, 0.1) is 5.54 Å². The zero-order valence-corrected chi connectivity index (χ0v) is 17.2. The van der Waals surface area contributed by atoms with E-state index in [2.05, 4.69) is 117 Å². The molecule has 29 heavy (non-hydrogen) atoms. The summed E-state index contributed by atoms with van der Waals surface area (Å²) in [6.45, 7) is 6.59. The fourth-order valence-corrected chi connectivity index (χ4v) is 4.51. The lowest BCUT2D eigenvalue weighted by molar-refractivity contribution is 0.685. The summed E-state index contributed by atoms with van der Waals surface area (Å²) in [6.07, 6.45) is 2.41. The van der Waals surface area contributed by atoms with Crippen molar-refractivity contribution in [1.82, 2.24) is 0 Å². The molecule has 1 unspecified atom stereocenters. The van der Waals surface area contributed by atoms with Crippen LogP contribution in [0.4, 0.5) is 5.69 Å². The second-order valence-electron chi connectivity index (χ2n) is 8.33. The van der Waals surface area contributed by atoms with E-state index >= 15 is 0 Å². The first-order chi connectivity index (χ1) is 14.0. The Hall–Kier alpha value is -3.32. The summed E-state index contributed by atoms with van der Waals surface area (Å²) in [5.74, 6) is 0. The summed E-state index contributed by atoms with van der Waals surface area (Å²) in [6, 6.07) is 30.7. The van der Waals surface area contributed by atoms with Crippen molar-refractivity contribution in [2.24, 2.45) is 0 Å². The van der Waals surface area contributed by atoms with Gasteiger partial charge in [0.25, 0.3) is 0 Å². The van der Waals surface area contributed by atoms with Crippen LogP contribution in [0, 0.1) is 13.8 Å². The Bertz CT molecular complexity index is 1260. The van der Waals surface area contributed by atoms with Gasteiger partial charge < -0.3 is 5.32 Å². The second-order valence-corrected chi connectivity index (χ2v) is 8.33. The minimum atomic E-state index is -0.277. The van der Waals surface area contributed by atoms with Gasteiger partial charge in [-0.3, -0.25) is 0 Å². The average molecular weight is 376 g/mol. The molecule has 1 nitrogen and oxygen atoms in total. The van der Waals surface area contributed by atoms with Crippen molar-refractivity contribution in [2.45, 2.75) is 26.3 Å². The van der Waals surface area contributed by atoms with Crippen molar-refractivity contribution in [3.05, 3.63) is 119 Å². The number of fused-ring (bicyclic) bond motifs is 3. The molecule has 1 N–H and O–H groups in total. The highest BCUT2D eigenvalue weighted by atomic mass is 15.0. The maximum Gasteiger partial charge on any atom is 0.0790 e. The third-order valence-electron chi connectivity index (χ3n) is 5.97. The van der Waals surface area contributed by atoms with E-state index in [1.54, 1.807) is 0 Å². The first-order valence-electron chi connectivity index (χ1n) is 10.2. The fourth-order valence-electron chi connectivity index (χ4n) is 4.51. The quantitative estimate of drug-likeness (QED) is 0.390. The van der Waals surface area contributed by atoms with Crippen LogP contribution in [0.25, 0.3) is 16.3 Å². The summed E-state index contributed by atoms with van der Waals surface area (Å²) in [4.78, 5) is 0. The van der Waals surface area contributed by atoms with Crippen molar-refractivity contribution in [2.75, 3.05) is 5.32 Å². The molecule has 5 rings (SSSR count). The molecule has 0 saturated carbocycles. The molecule has 0 aromatic heterocycles. The van der Waals surface area contributed by atoms with Gasteiger partial charge in [-0.25, -0.2) is 0 Å². The molecule has 1 heteroatoms. The van der Waals surface area contributed by atoms with Gasteiger partial charge in [-0.05, 0) is 60.4 Å². The monoisotopic (exact) mass is 375 g/mol. The van der Waals surface area contributed by atoms with Crippen molar-refractivity contribution in [1.29, 1.82) is 0 Å². The highest BCUT2D eigenvalue weighted by Gasteiger charge is 2.31. The van der Waals surface area contributed by atoms with Crippen LogP contribution in [-0.4, -0.2) is 0 Å². The number of anilines is 1. The molecule has 1 aliphatic heterocycles. The maximum atomic E-state index is 3.85. The molecule has 4 aromatic rings. The third-order valence-corrected chi connectivity index (χ3v) is 5.97. The number of hydrogen-bond acceptors (Lipinski definition) is 1. The largest absolute Gasteiger partial charge is 0.372 e. The van der Waals surface area contributed by atoms with E-state index in [0.717, 1.165) is 0 Å². The Morgan fingerprint density at radius 2 is 1.48 bits per heavy atom. The van der Waals surface area contributed by atoms with E-state index in [-0.39, 0.29) is 5.54 Å². The average Bonchev–Trinajstić information content (AvgIpc) is 2.73. The third kappa shape index (κ3) is 3.03. The predicted octanol–water partition coefficient (Wildman–Crippen LogP) is 7.23. The van der Waals surface area contributed by atoms with Gasteiger partial charge in [0, 0.05) is 11.3 Å². The summed E-state index contributed by atoms with van der Waals surface area (Å²) < 4.78 is 0. The highest BCUT2D eigenvalue weighted by Crippen LogP contribution is 2.44. The van der Waals surface area contributed by atoms with Gasteiger partial charge in [0.2, 0.25) is 0 Å². The van der Waals surface area contributed by atoms with Crippen LogP contribution in [0.15, 0.2) is 91.0 Å². The molecule has 0 bridgehead atoms. The van der Waals surface area contributed by atoms with Gasteiger partial charge >= 0.3 is 0 Å². The van der Waals surface area contributed by atoms with Crippen molar-refractivity contribution in [3.63, 3.8) is 0 Å². The van der Waals surface area contributed by atoms with Crippen LogP contribution in [0.3, 0.4) is 0 Å². The standard InChI is InChI=1S/C28H25N/c1-19-8-6-11-22(16-19)25-18-28(3,23-12-7-9-20(2)17-23)29-26-15-14-21-10-4-5-13-24(21)27(25)26/h4-18,29H,1-3H3. The van der Waals surface area contributed by atoms with Crippen LogP contribution in [0.5, 0.6) is 0 Å². The van der Waals surface area contributed by atoms with Gasteiger partial charge in [-0.15, -0.1) is 0 Å². The first-order valence-corrected chi connectivity index (χ1v) is 10.2. The molecule has 4 aromatic carbocycles. The van der Waals surface area contributed by atoms with E-state index in [9.17, 15) is 0 Å². The minimum Gasteiger partial charge on any atom is -0.372 e. The zero-order chi connectivity index (χ0) is 20.0. The molecule has 0 spiro atoms. The smallest absolute Gasteiger partial charge is 0.0790 e. The van der Waals surface area contributed by atoms with Crippen LogP contribution < -0.4 is 5.32 Å². The van der Waals surface area contributed by atoms with E-state index < -0.39 is 0 Å². The number of aryl methyl sites for hydroxylation is 2. The molecule has 1 heterocycles. The Kier molecular flexibility index (Phi) is 4.06. The van der Waals surface area contributed by atoms with Gasteiger partial charge in [0.1, 0.15) is 0 Å². The lowest BCUT2D eigenvalue weighted by Crippen LogP contribution is -2.33. The van der Waals surface area contributed by atoms with Crippen molar-refractivity contribution >= 4 is 22.0 Å². The maximum absolute atomic E-state index is 3.85. The Labute approximate surface area is 172 Å². The normalized spacial score (nSPS) is 18.1. The minimum absolute atomic E-state index is 0.277. The molecule has 1 atom stereocenters. The molecule has 0 aliphatic carbocycles. The molecule has 142 valence electrons. The van der Waals surface area contributed by atoms with Crippen LogP contribution in [0.2, 0.25) is 0 Å². The van der Waals surface area contributed by atoms with Crippen LogP contribution in [0.1, 0.15) is 34.7 Å². The summed E-state index contributed by atoms with van der Waals surface area (Å²) >= 11 is 0. The zero-order valence-electron chi connectivity index (χ0n) is 17.2. The van der Waals surface area contributed by atoms with Crippen molar-refractivity contribution in [3.8, 4) is 0 Å². The summed E-state index contributed by atoms with van der Waals surface area (Å²) in [7, 11) is 0. The van der Waals surface area contributed by atoms with E-state index in [0.29, 0.717) is 0 Å². The lowest BCUT2D eigenvalue weighted by Gasteiger charge is -2.37. The number of hydrogen-bond donors (Lipinski definition) is 1. The van der Waals surface area contributed by atoms with Crippen LogP contribution in [-0.2, 0) is 5.54 Å². The molecule has 1 aliphatic rings. The number of benzene rings is 4.